The van der Waals surface area contributed by atoms with E-state index in [-0.39, 0.29) is 18.4 Å². The van der Waals surface area contributed by atoms with E-state index in [4.69, 9.17) is 4.74 Å². The molecule has 0 saturated heterocycles. The fourth-order valence-electron chi connectivity index (χ4n) is 1.89. The van der Waals surface area contributed by atoms with Gasteiger partial charge in [0, 0.05) is 12.0 Å². The van der Waals surface area contributed by atoms with Crippen LogP contribution in [-0.2, 0) is 14.3 Å². The highest BCUT2D eigenvalue weighted by Crippen LogP contribution is 2.23. The van der Waals surface area contributed by atoms with Crippen molar-refractivity contribution in [2.24, 2.45) is 5.92 Å². The molecule has 0 aromatic heterocycles. The molecular formula is C12H19NO3. The number of rotatable bonds is 5. The molecule has 0 unspecified atom stereocenters. The van der Waals surface area contributed by atoms with Gasteiger partial charge in [-0.25, -0.2) is 4.79 Å². The van der Waals surface area contributed by atoms with E-state index in [1.54, 1.807) is 0 Å². The maximum absolute atomic E-state index is 11.6. The quantitative estimate of drug-likeness (QED) is 0.437. The lowest BCUT2D eigenvalue weighted by molar-refractivity contribution is -0.138. The van der Waals surface area contributed by atoms with Gasteiger partial charge in [-0.3, -0.25) is 4.79 Å². The second-order valence-corrected chi connectivity index (χ2v) is 4.00. The smallest absolute Gasteiger partial charge is 0.330 e. The first-order chi connectivity index (χ1) is 7.74. The van der Waals surface area contributed by atoms with Gasteiger partial charge in [0.1, 0.15) is 6.61 Å². The highest BCUT2D eigenvalue weighted by Gasteiger charge is 2.20. The molecule has 1 fully saturated rings. The predicted molar refractivity (Wildman–Crippen MR) is 60.7 cm³/mol. The summed E-state index contributed by atoms with van der Waals surface area (Å²) >= 11 is 0. The van der Waals surface area contributed by atoms with Gasteiger partial charge in [0.25, 0.3) is 0 Å². The summed E-state index contributed by atoms with van der Waals surface area (Å²) in [6, 6.07) is 0. The number of hydrogen-bond acceptors (Lipinski definition) is 3. The minimum Gasteiger partial charge on any atom is -0.461 e. The zero-order chi connectivity index (χ0) is 11.8. The van der Waals surface area contributed by atoms with Gasteiger partial charge in [-0.15, -0.1) is 0 Å². The van der Waals surface area contributed by atoms with E-state index in [0.29, 0.717) is 6.54 Å². The van der Waals surface area contributed by atoms with Crippen molar-refractivity contribution in [3.63, 3.8) is 0 Å². The summed E-state index contributed by atoms with van der Waals surface area (Å²) in [5, 5.41) is 2.78. The Morgan fingerprint density at radius 2 is 2.00 bits per heavy atom. The van der Waals surface area contributed by atoms with Crippen molar-refractivity contribution in [3.05, 3.63) is 12.7 Å². The average molecular weight is 225 g/mol. The Labute approximate surface area is 96.0 Å². The van der Waals surface area contributed by atoms with Crippen molar-refractivity contribution in [2.75, 3.05) is 13.2 Å². The van der Waals surface area contributed by atoms with Gasteiger partial charge in [-0.1, -0.05) is 25.8 Å². The van der Waals surface area contributed by atoms with Crippen LogP contribution in [0, 0.1) is 5.92 Å². The minimum absolute atomic E-state index is 0.0920. The Hall–Kier alpha value is -1.32. The molecule has 1 aliphatic rings. The second-order valence-electron chi connectivity index (χ2n) is 4.00. The molecule has 0 heterocycles. The third kappa shape index (κ3) is 4.47. The first-order valence-corrected chi connectivity index (χ1v) is 5.81. The van der Waals surface area contributed by atoms with E-state index in [2.05, 4.69) is 11.9 Å². The van der Waals surface area contributed by atoms with Crippen molar-refractivity contribution in [3.8, 4) is 0 Å². The van der Waals surface area contributed by atoms with Crippen LogP contribution in [0.25, 0.3) is 0 Å². The summed E-state index contributed by atoms with van der Waals surface area (Å²) in [6.45, 7) is 3.88. The second kappa shape index (κ2) is 7.04. The SMILES string of the molecule is C=CC(=O)OCCNC(=O)C1CCCCC1. The lowest BCUT2D eigenvalue weighted by atomic mass is 9.89. The maximum atomic E-state index is 11.6. The van der Waals surface area contributed by atoms with Crippen molar-refractivity contribution in [1.82, 2.24) is 5.32 Å². The molecule has 0 radical (unpaired) electrons. The van der Waals surface area contributed by atoms with E-state index in [1.165, 1.54) is 6.42 Å². The number of amides is 1. The molecule has 0 bridgehead atoms. The van der Waals surface area contributed by atoms with Crippen LogP contribution in [0.3, 0.4) is 0 Å². The lowest BCUT2D eigenvalue weighted by Gasteiger charge is -2.20. The van der Waals surface area contributed by atoms with E-state index >= 15 is 0 Å². The summed E-state index contributed by atoms with van der Waals surface area (Å²) in [6.07, 6.45) is 6.60. The largest absolute Gasteiger partial charge is 0.461 e. The van der Waals surface area contributed by atoms with Crippen LogP contribution >= 0.6 is 0 Å². The Balaban J connectivity index is 2.09. The Bertz CT molecular complexity index is 257. The van der Waals surface area contributed by atoms with E-state index in [1.807, 2.05) is 0 Å². The minimum atomic E-state index is -0.452. The first-order valence-electron chi connectivity index (χ1n) is 5.81. The Morgan fingerprint density at radius 3 is 2.62 bits per heavy atom. The molecule has 1 amide bonds. The molecule has 0 aromatic rings. The van der Waals surface area contributed by atoms with Crippen LogP contribution in [0.1, 0.15) is 32.1 Å². The summed E-state index contributed by atoms with van der Waals surface area (Å²) < 4.78 is 4.76. The number of nitrogens with one attached hydrogen (secondary N) is 1. The van der Waals surface area contributed by atoms with Crippen molar-refractivity contribution in [2.45, 2.75) is 32.1 Å². The topological polar surface area (TPSA) is 55.4 Å². The Morgan fingerprint density at radius 1 is 1.31 bits per heavy atom. The van der Waals surface area contributed by atoms with Crippen LogP contribution in [0.2, 0.25) is 0 Å². The van der Waals surface area contributed by atoms with Gasteiger partial charge >= 0.3 is 5.97 Å². The Kier molecular flexibility index (Phi) is 5.61. The molecule has 1 N–H and O–H groups in total. The predicted octanol–water partition coefficient (Wildman–Crippen LogP) is 1.41. The van der Waals surface area contributed by atoms with Crippen molar-refractivity contribution < 1.29 is 14.3 Å². The van der Waals surface area contributed by atoms with Crippen LogP contribution in [-0.4, -0.2) is 25.0 Å². The molecule has 1 rings (SSSR count). The molecule has 16 heavy (non-hydrogen) atoms. The molecule has 90 valence electrons. The number of esters is 1. The van der Waals surface area contributed by atoms with Gasteiger partial charge < -0.3 is 10.1 Å². The number of hydrogen-bond donors (Lipinski definition) is 1. The average Bonchev–Trinajstić information content (AvgIpc) is 2.35. The summed E-state index contributed by atoms with van der Waals surface area (Å²) in [7, 11) is 0. The first kappa shape index (κ1) is 12.7. The van der Waals surface area contributed by atoms with Gasteiger partial charge in [-0.05, 0) is 12.8 Å². The van der Waals surface area contributed by atoms with Crippen molar-refractivity contribution in [1.29, 1.82) is 0 Å². The van der Waals surface area contributed by atoms with E-state index in [9.17, 15) is 9.59 Å². The molecule has 4 nitrogen and oxygen atoms in total. The normalized spacial score (nSPS) is 16.5. The van der Waals surface area contributed by atoms with Crippen LogP contribution in [0.4, 0.5) is 0 Å². The highest BCUT2D eigenvalue weighted by molar-refractivity contribution is 5.81. The van der Waals surface area contributed by atoms with Crippen LogP contribution in [0.15, 0.2) is 12.7 Å². The van der Waals surface area contributed by atoms with E-state index in [0.717, 1.165) is 31.8 Å². The molecule has 0 aliphatic heterocycles. The molecule has 0 spiro atoms. The monoisotopic (exact) mass is 225 g/mol. The fraction of sp³-hybridized carbons (Fsp3) is 0.667. The summed E-state index contributed by atoms with van der Waals surface area (Å²) in [5.74, 6) is -0.204. The molecule has 1 aliphatic carbocycles. The zero-order valence-corrected chi connectivity index (χ0v) is 9.54. The summed E-state index contributed by atoms with van der Waals surface area (Å²) in [4.78, 5) is 22.3. The molecule has 1 saturated carbocycles. The molecule has 0 aromatic carbocycles. The number of ether oxygens (including phenoxy) is 1. The van der Waals surface area contributed by atoms with Crippen LogP contribution in [0.5, 0.6) is 0 Å². The summed E-state index contributed by atoms with van der Waals surface area (Å²) in [5.41, 5.74) is 0. The fourth-order valence-corrected chi connectivity index (χ4v) is 1.89. The zero-order valence-electron chi connectivity index (χ0n) is 9.54. The maximum Gasteiger partial charge on any atom is 0.330 e. The van der Waals surface area contributed by atoms with Crippen molar-refractivity contribution >= 4 is 11.9 Å². The number of carbonyl (C=O) groups excluding carboxylic acids is 2. The molecule has 4 heteroatoms. The van der Waals surface area contributed by atoms with Gasteiger partial charge in [0.15, 0.2) is 0 Å². The third-order valence-corrected chi connectivity index (χ3v) is 2.79. The lowest BCUT2D eigenvalue weighted by Crippen LogP contribution is -2.34. The van der Waals surface area contributed by atoms with E-state index < -0.39 is 5.97 Å². The third-order valence-electron chi connectivity index (χ3n) is 2.79. The van der Waals surface area contributed by atoms with Gasteiger partial charge in [-0.2, -0.15) is 0 Å². The van der Waals surface area contributed by atoms with Crippen LogP contribution < -0.4 is 5.32 Å². The van der Waals surface area contributed by atoms with Gasteiger partial charge in [0.2, 0.25) is 5.91 Å². The highest BCUT2D eigenvalue weighted by atomic mass is 16.5. The number of carbonyl (C=O) groups is 2. The molecule has 0 atom stereocenters. The van der Waals surface area contributed by atoms with Gasteiger partial charge in [0.05, 0.1) is 6.54 Å². The molecular weight excluding hydrogens is 206 g/mol. The standard InChI is InChI=1S/C12H19NO3/c1-2-11(14)16-9-8-13-12(15)10-6-4-3-5-7-10/h2,10H,1,3-9H2,(H,13,15).